The number of benzene rings is 2. The number of nitrogens with one attached hydrogen (secondary N) is 1. The van der Waals surface area contributed by atoms with Crippen molar-refractivity contribution in [2.24, 2.45) is 0 Å². The Morgan fingerprint density at radius 2 is 1.63 bits per heavy atom. The summed E-state index contributed by atoms with van der Waals surface area (Å²) < 4.78 is 0. The number of H-pyrrole nitrogens is 1. The van der Waals surface area contributed by atoms with E-state index in [1.165, 1.54) is 0 Å². The van der Waals surface area contributed by atoms with Gasteiger partial charge in [-0.05, 0) is 54.5 Å². The average Bonchev–Trinajstić information content (AvgIpc) is 3.32. The highest BCUT2D eigenvalue weighted by Gasteiger charge is 2.34. The van der Waals surface area contributed by atoms with Crippen LogP contribution in [0.25, 0.3) is 5.57 Å². The molecule has 154 valence electrons. The number of aliphatic hydroxyl groups is 1. The number of carbonyl (C=O) groups is 1. The molecule has 0 saturated carbocycles. The van der Waals surface area contributed by atoms with E-state index in [-0.39, 0.29) is 5.91 Å². The maximum Gasteiger partial charge on any atom is 0.246 e. The van der Waals surface area contributed by atoms with E-state index in [0.29, 0.717) is 25.9 Å². The quantitative estimate of drug-likeness (QED) is 0.597. The molecule has 1 aliphatic rings. The van der Waals surface area contributed by atoms with Gasteiger partial charge in [0.1, 0.15) is 0 Å². The van der Waals surface area contributed by atoms with Gasteiger partial charge in [0, 0.05) is 31.1 Å². The van der Waals surface area contributed by atoms with Crippen LogP contribution < -0.4 is 0 Å². The van der Waals surface area contributed by atoms with Crippen molar-refractivity contribution in [1.82, 2.24) is 9.88 Å². The molecule has 1 aromatic heterocycles. The highest BCUT2D eigenvalue weighted by atomic mass is 16.3. The third-order valence-electron chi connectivity index (χ3n) is 5.98. The lowest BCUT2D eigenvalue weighted by molar-refractivity contribution is -0.130. The fourth-order valence-electron chi connectivity index (χ4n) is 4.12. The number of nitrogens with zero attached hydrogens (tertiary/aromatic N) is 1. The summed E-state index contributed by atoms with van der Waals surface area (Å²) in [5.74, 6) is 0.0236. The number of rotatable bonds is 6. The summed E-state index contributed by atoms with van der Waals surface area (Å²) in [6, 6.07) is 23.9. The molecule has 2 N–H and O–H groups in total. The Morgan fingerprint density at radius 1 is 0.967 bits per heavy atom. The van der Waals surface area contributed by atoms with E-state index in [0.717, 1.165) is 35.2 Å². The molecule has 0 spiro atoms. The van der Waals surface area contributed by atoms with E-state index in [4.69, 9.17) is 0 Å². The van der Waals surface area contributed by atoms with Crippen LogP contribution in [0.5, 0.6) is 0 Å². The number of likely N-dealkylation sites (tertiary alicyclic amines) is 1. The number of allylic oxidation sites excluding steroid dienone is 1. The first kappa shape index (κ1) is 20.2. The van der Waals surface area contributed by atoms with Crippen molar-refractivity contribution >= 4 is 11.5 Å². The van der Waals surface area contributed by atoms with Crippen LogP contribution in [0, 0.1) is 0 Å². The maximum atomic E-state index is 13.1. The van der Waals surface area contributed by atoms with Gasteiger partial charge < -0.3 is 15.0 Å². The molecule has 0 bridgehead atoms. The van der Waals surface area contributed by atoms with Crippen LogP contribution >= 0.6 is 0 Å². The molecule has 4 heteroatoms. The van der Waals surface area contributed by atoms with E-state index in [1.807, 2.05) is 65.7 Å². The van der Waals surface area contributed by atoms with Crippen molar-refractivity contribution in [2.45, 2.75) is 31.3 Å². The summed E-state index contributed by atoms with van der Waals surface area (Å²) in [7, 11) is 0. The van der Waals surface area contributed by atoms with Gasteiger partial charge in [0.05, 0.1) is 5.60 Å². The van der Waals surface area contributed by atoms with Crippen LogP contribution in [0.2, 0.25) is 0 Å². The van der Waals surface area contributed by atoms with Gasteiger partial charge in [-0.1, -0.05) is 60.7 Å². The summed E-state index contributed by atoms with van der Waals surface area (Å²) >= 11 is 0. The molecule has 4 rings (SSSR count). The normalized spacial score (nSPS) is 16.4. The second-order valence-electron chi connectivity index (χ2n) is 7.95. The lowest BCUT2D eigenvalue weighted by Crippen LogP contribution is -2.44. The smallest absolute Gasteiger partial charge is 0.246 e. The van der Waals surface area contributed by atoms with Crippen molar-refractivity contribution in [3.63, 3.8) is 0 Å². The lowest BCUT2D eigenvalue weighted by Gasteiger charge is -2.38. The molecule has 4 nitrogen and oxygen atoms in total. The maximum absolute atomic E-state index is 13.1. The standard InChI is InChI=1S/C26H28N2O2/c29-25(28-18-15-26(30,16-19-28)23-10-5-2-6-11-23)20-22(21-8-3-1-4-9-21)13-14-24-12-7-17-27-24/h1-12,17,20,27,30H,13-16,18-19H2/b22-20-. The van der Waals surface area contributed by atoms with Crippen molar-refractivity contribution in [1.29, 1.82) is 0 Å². The van der Waals surface area contributed by atoms with Crippen LogP contribution in [0.3, 0.4) is 0 Å². The minimum absolute atomic E-state index is 0.0236. The molecule has 30 heavy (non-hydrogen) atoms. The first-order chi connectivity index (χ1) is 14.6. The molecule has 1 amide bonds. The van der Waals surface area contributed by atoms with E-state index >= 15 is 0 Å². The Balaban J connectivity index is 1.46. The summed E-state index contributed by atoms with van der Waals surface area (Å²) in [5, 5.41) is 11.0. The van der Waals surface area contributed by atoms with Crippen LogP contribution in [-0.2, 0) is 16.8 Å². The first-order valence-corrected chi connectivity index (χ1v) is 10.6. The second kappa shape index (κ2) is 9.14. The van der Waals surface area contributed by atoms with E-state index in [1.54, 1.807) is 6.08 Å². The molecule has 0 unspecified atom stereocenters. The molecule has 1 aliphatic heterocycles. The zero-order valence-corrected chi connectivity index (χ0v) is 17.1. The molecule has 2 aromatic carbocycles. The van der Waals surface area contributed by atoms with Crippen LogP contribution in [-0.4, -0.2) is 34.0 Å². The van der Waals surface area contributed by atoms with Crippen molar-refractivity contribution in [3.8, 4) is 0 Å². The first-order valence-electron chi connectivity index (χ1n) is 10.6. The number of hydrogen-bond acceptors (Lipinski definition) is 2. The van der Waals surface area contributed by atoms with Gasteiger partial charge in [0.15, 0.2) is 0 Å². The topological polar surface area (TPSA) is 56.3 Å². The lowest BCUT2D eigenvalue weighted by atomic mass is 9.84. The van der Waals surface area contributed by atoms with Crippen LogP contribution in [0.15, 0.2) is 85.1 Å². The Hall–Kier alpha value is -3.11. The van der Waals surface area contributed by atoms with Gasteiger partial charge >= 0.3 is 0 Å². The minimum Gasteiger partial charge on any atom is -0.385 e. The molecule has 1 fully saturated rings. The van der Waals surface area contributed by atoms with Crippen LogP contribution in [0.1, 0.15) is 36.1 Å². The number of carbonyl (C=O) groups excluding carboxylic acids is 1. The minimum atomic E-state index is -0.850. The Bertz CT molecular complexity index is 970. The second-order valence-corrected chi connectivity index (χ2v) is 7.95. The predicted octanol–water partition coefficient (Wildman–Crippen LogP) is 4.54. The van der Waals surface area contributed by atoms with Gasteiger partial charge in [-0.25, -0.2) is 0 Å². The van der Waals surface area contributed by atoms with Gasteiger partial charge in [-0.2, -0.15) is 0 Å². The molecular weight excluding hydrogens is 372 g/mol. The number of aromatic nitrogens is 1. The molecule has 1 saturated heterocycles. The molecule has 3 aromatic rings. The summed E-state index contributed by atoms with van der Waals surface area (Å²) in [5.41, 5.74) is 3.37. The number of aromatic amines is 1. The van der Waals surface area contributed by atoms with Crippen molar-refractivity contribution in [2.75, 3.05) is 13.1 Å². The Labute approximate surface area is 177 Å². The Kier molecular flexibility index (Phi) is 6.15. The highest BCUT2D eigenvalue weighted by Crippen LogP contribution is 2.33. The van der Waals surface area contributed by atoms with Crippen LogP contribution in [0.4, 0.5) is 0 Å². The fourth-order valence-corrected chi connectivity index (χ4v) is 4.12. The summed E-state index contributed by atoms with van der Waals surface area (Å²) in [6.07, 6.45) is 6.46. The average molecular weight is 401 g/mol. The largest absolute Gasteiger partial charge is 0.385 e. The Morgan fingerprint density at radius 3 is 2.27 bits per heavy atom. The number of aryl methyl sites for hydroxylation is 1. The predicted molar refractivity (Wildman–Crippen MR) is 120 cm³/mol. The third-order valence-corrected chi connectivity index (χ3v) is 5.98. The van der Waals surface area contributed by atoms with Crippen molar-refractivity contribution in [3.05, 3.63) is 102 Å². The van der Waals surface area contributed by atoms with E-state index in [2.05, 4.69) is 23.2 Å². The van der Waals surface area contributed by atoms with Gasteiger partial charge in [-0.15, -0.1) is 0 Å². The molecule has 0 aliphatic carbocycles. The summed E-state index contributed by atoms with van der Waals surface area (Å²) in [6.45, 7) is 1.11. The monoisotopic (exact) mass is 400 g/mol. The van der Waals surface area contributed by atoms with Gasteiger partial charge in [-0.3, -0.25) is 4.79 Å². The molecule has 0 radical (unpaired) electrons. The number of amides is 1. The fraction of sp³-hybridized carbons (Fsp3) is 0.269. The number of hydrogen-bond donors (Lipinski definition) is 2. The van der Waals surface area contributed by atoms with Crippen molar-refractivity contribution < 1.29 is 9.90 Å². The highest BCUT2D eigenvalue weighted by molar-refractivity contribution is 5.95. The molecule has 0 atom stereocenters. The molecular formula is C26H28N2O2. The zero-order valence-electron chi connectivity index (χ0n) is 17.1. The third kappa shape index (κ3) is 4.71. The van der Waals surface area contributed by atoms with E-state index in [9.17, 15) is 9.90 Å². The number of piperidine rings is 1. The molecule has 2 heterocycles. The SMILES string of the molecule is O=C(/C=C(/CCc1ccc[nH]1)c1ccccc1)N1CCC(O)(c2ccccc2)CC1. The zero-order chi connectivity index (χ0) is 20.8. The summed E-state index contributed by atoms with van der Waals surface area (Å²) in [4.78, 5) is 18.1. The van der Waals surface area contributed by atoms with Gasteiger partial charge in [0.2, 0.25) is 5.91 Å². The van der Waals surface area contributed by atoms with E-state index < -0.39 is 5.60 Å². The van der Waals surface area contributed by atoms with Gasteiger partial charge in [0.25, 0.3) is 0 Å².